The van der Waals surface area contributed by atoms with Crippen molar-refractivity contribution in [2.24, 2.45) is 5.92 Å². The smallest absolute Gasteiger partial charge is 0.218 e. The molecule has 29 heavy (non-hydrogen) atoms. The molecule has 6 heteroatoms. The fourth-order valence-electron chi connectivity index (χ4n) is 3.76. The summed E-state index contributed by atoms with van der Waals surface area (Å²) >= 11 is 0. The second-order valence-corrected chi connectivity index (χ2v) is 10.3. The van der Waals surface area contributed by atoms with Gasteiger partial charge in [-0.15, -0.1) is 0 Å². The molecule has 0 saturated carbocycles. The van der Waals surface area contributed by atoms with E-state index in [4.69, 9.17) is 0 Å². The monoisotopic (exact) mass is 416 g/mol. The van der Waals surface area contributed by atoms with Crippen molar-refractivity contribution in [3.63, 3.8) is 0 Å². The van der Waals surface area contributed by atoms with Crippen LogP contribution in [0.15, 0.2) is 54.6 Å². The van der Waals surface area contributed by atoms with Crippen LogP contribution in [0.1, 0.15) is 37.8 Å². The summed E-state index contributed by atoms with van der Waals surface area (Å²) in [7, 11) is -3.42. The molecule has 0 radical (unpaired) electrons. The molecule has 1 N–H and O–H groups in total. The molecule has 2 aromatic rings. The van der Waals surface area contributed by atoms with Crippen LogP contribution >= 0.6 is 0 Å². The Labute approximate surface area is 175 Å². The molecule has 0 spiro atoms. The number of anilines is 1. The first-order valence-electron chi connectivity index (χ1n) is 10.4. The molecule has 3 rings (SSSR count). The molecule has 1 aliphatic rings. The maximum absolute atomic E-state index is 13.1. The average molecular weight is 417 g/mol. The second kappa shape index (κ2) is 9.74. The SMILES string of the molecule is CC(C)CN(Cc1ccc(N2CCCC(O)C2)cc1)S(=O)(=O)Cc1ccccc1. The van der Waals surface area contributed by atoms with Gasteiger partial charge in [-0.3, -0.25) is 0 Å². The van der Waals surface area contributed by atoms with Crippen molar-refractivity contribution in [1.82, 2.24) is 4.31 Å². The Bertz CT molecular complexity index is 867. The molecule has 1 heterocycles. The molecule has 0 bridgehead atoms. The zero-order chi connectivity index (χ0) is 20.9. The minimum absolute atomic E-state index is 0.0182. The molecule has 1 fully saturated rings. The number of β-amino-alcohol motifs (C(OH)–C–C–N with tert-alkyl or cyclic N) is 1. The number of nitrogens with zero attached hydrogens (tertiary/aromatic N) is 2. The Morgan fingerprint density at radius 3 is 2.38 bits per heavy atom. The maximum Gasteiger partial charge on any atom is 0.218 e. The van der Waals surface area contributed by atoms with Crippen molar-refractivity contribution in [2.45, 2.75) is 45.1 Å². The summed E-state index contributed by atoms with van der Waals surface area (Å²) in [6.45, 7) is 6.54. The molecule has 158 valence electrons. The van der Waals surface area contributed by atoms with Crippen molar-refractivity contribution in [3.8, 4) is 0 Å². The lowest BCUT2D eigenvalue weighted by Crippen LogP contribution is -2.38. The van der Waals surface area contributed by atoms with E-state index < -0.39 is 10.0 Å². The fraction of sp³-hybridized carbons (Fsp3) is 0.478. The van der Waals surface area contributed by atoms with E-state index in [0.29, 0.717) is 19.6 Å². The van der Waals surface area contributed by atoms with Crippen LogP contribution in [-0.2, 0) is 22.3 Å². The fourth-order valence-corrected chi connectivity index (χ4v) is 5.43. The summed E-state index contributed by atoms with van der Waals surface area (Å²) in [5.41, 5.74) is 2.86. The van der Waals surface area contributed by atoms with E-state index in [2.05, 4.69) is 4.90 Å². The summed E-state index contributed by atoms with van der Waals surface area (Å²) in [5.74, 6) is 0.263. The molecule has 2 aromatic carbocycles. The van der Waals surface area contributed by atoms with Crippen LogP contribution in [0, 0.1) is 5.92 Å². The number of sulfonamides is 1. The predicted molar refractivity (Wildman–Crippen MR) is 118 cm³/mol. The average Bonchev–Trinajstić information content (AvgIpc) is 2.68. The zero-order valence-corrected chi connectivity index (χ0v) is 18.2. The molecule has 0 aliphatic carbocycles. The number of rotatable bonds is 8. The number of benzene rings is 2. The highest BCUT2D eigenvalue weighted by Gasteiger charge is 2.24. The van der Waals surface area contributed by atoms with E-state index in [1.807, 2.05) is 68.4 Å². The summed E-state index contributed by atoms with van der Waals surface area (Å²) in [6.07, 6.45) is 1.58. The lowest BCUT2D eigenvalue weighted by molar-refractivity contribution is 0.154. The van der Waals surface area contributed by atoms with E-state index >= 15 is 0 Å². The highest BCUT2D eigenvalue weighted by molar-refractivity contribution is 7.88. The van der Waals surface area contributed by atoms with Crippen molar-refractivity contribution < 1.29 is 13.5 Å². The summed E-state index contributed by atoms with van der Waals surface area (Å²) < 4.78 is 27.8. The van der Waals surface area contributed by atoms with Crippen molar-refractivity contribution in [3.05, 3.63) is 65.7 Å². The van der Waals surface area contributed by atoms with Gasteiger partial charge >= 0.3 is 0 Å². The summed E-state index contributed by atoms with van der Waals surface area (Å²) in [5, 5.41) is 9.89. The quantitative estimate of drug-likeness (QED) is 0.714. The largest absolute Gasteiger partial charge is 0.391 e. The van der Waals surface area contributed by atoms with Gasteiger partial charge in [-0.05, 0) is 42.0 Å². The van der Waals surface area contributed by atoms with E-state index in [-0.39, 0.29) is 17.8 Å². The molecule has 0 aromatic heterocycles. The molecule has 0 amide bonds. The van der Waals surface area contributed by atoms with Crippen molar-refractivity contribution >= 4 is 15.7 Å². The Balaban J connectivity index is 1.72. The van der Waals surface area contributed by atoms with Crippen LogP contribution in [0.25, 0.3) is 0 Å². The standard InChI is InChI=1S/C23H32N2O3S/c1-19(2)15-25(29(27,28)18-21-7-4-3-5-8-21)16-20-10-12-22(13-11-20)24-14-6-9-23(26)17-24/h3-5,7-8,10-13,19,23,26H,6,9,14-18H2,1-2H3. The molecule has 1 aliphatic heterocycles. The molecular weight excluding hydrogens is 384 g/mol. The minimum Gasteiger partial charge on any atom is -0.391 e. The first kappa shape index (κ1) is 21.8. The number of aliphatic hydroxyl groups is 1. The van der Waals surface area contributed by atoms with Crippen molar-refractivity contribution in [2.75, 3.05) is 24.5 Å². The summed E-state index contributed by atoms with van der Waals surface area (Å²) in [4.78, 5) is 2.19. The summed E-state index contributed by atoms with van der Waals surface area (Å²) in [6, 6.07) is 17.4. The van der Waals surface area contributed by atoms with Crippen molar-refractivity contribution in [1.29, 1.82) is 0 Å². The number of aliphatic hydroxyl groups excluding tert-OH is 1. The molecule has 1 atom stereocenters. The van der Waals surface area contributed by atoms with E-state index in [0.717, 1.165) is 36.2 Å². The van der Waals surface area contributed by atoms with Gasteiger partial charge in [0, 0.05) is 31.9 Å². The lowest BCUT2D eigenvalue weighted by Gasteiger charge is -2.32. The van der Waals surface area contributed by atoms with Crippen LogP contribution in [0.4, 0.5) is 5.69 Å². The van der Waals surface area contributed by atoms with Gasteiger partial charge in [0.15, 0.2) is 0 Å². The first-order chi connectivity index (χ1) is 13.8. The van der Waals surface area contributed by atoms with Crippen LogP contribution in [-0.4, -0.2) is 43.6 Å². The third kappa shape index (κ3) is 6.29. The normalized spacial score (nSPS) is 17.8. The molecular formula is C23H32N2O3S. The third-order valence-corrected chi connectivity index (χ3v) is 6.97. The Morgan fingerprint density at radius 1 is 1.07 bits per heavy atom. The van der Waals surface area contributed by atoms with E-state index in [9.17, 15) is 13.5 Å². The zero-order valence-electron chi connectivity index (χ0n) is 17.4. The highest BCUT2D eigenvalue weighted by Crippen LogP contribution is 2.22. The van der Waals surface area contributed by atoms with E-state index in [1.54, 1.807) is 4.31 Å². The maximum atomic E-state index is 13.1. The van der Waals surface area contributed by atoms with Crippen LogP contribution < -0.4 is 4.90 Å². The molecule has 5 nitrogen and oxygen atoms in total. The van der Waals surface area contributed by atoms with Gasteiger partial charge in [0.1, 0.15) is 0 Å². The van der Waals surface area contributed by atoms with Gasteiger partial charge in [0.2, 0.25) is 10.0 Å². The van der Waals surface area contributed by atoms with Crippen LogP contribution in [0.3, 0.4) is 0 Å². The predicted octanol–water partition coefficient (Wildman–Crippen LogP) is 3.64. The number of hydrogen-bond donors (Lipinski definition) is 1. The number of hydrogen-bond acceptors (Lipinski definition) is 4. The van der Waals surface area contributed by atoms with Gasteiger partial charge in [-0.25, -0.2) is 8.42 Å². The van der Waals surface area contributed by atoms with Crippen LogP contribution in [0.5, 0.6) is 0 Å². The second-order valence-electron chi connectivity index (χ2n) is 8.34. The highest BCUT2D eigenvalue weighted by atomic mass is 32.2. The molecule has 1 unspecified atom stereocenters. The Morgan fingerprint density at radius 2 is 1.76 bits per heavy atom. The van der Waals surface area contributed by atoms with Gasteiger partial charge in [0.25, 0.3) is 0 Å². The van der Waals surface area contributed by atoms with Crippen LogP contribution in [0.2, 0.25) is 0 Å². The molecule has 1 saturated heterocycles. The Kier molecular flexibility index (Phi) is 7.33. The van der Waals surface area contributed by atoms with Gasteiger partial charge < -0.3 is 10.0 Å². The Hall–Kier alpha value is -1.89. The van der Waals surface area contributed by atoms with E-state index in [1.165, 1.54) is 0 Å². The topological polar surface area (TPSA) is 60.9 Å². The van der Waals surface area contributed by atoms with Gasteiger partial charge in [-0.1, -0.05) is 56.3 Å². The first-order valence-corrected chi connectivity index (χ1v) is 12.0. The minimum atomic E-state index is -3.42. The number of piperidine rings is 1. The third-order valence-electron chi connectivity index (χ3n) is 5.21. The lowest BCUT2D eigenvalue weighted by atomic mass is 10.1. The van der Waals surface area contributed by atoms with Gasteiger partial charge in [0.05, 0.1) is 11.9 Å². The van der Waals surface area contributed by atoms with Gasteiger partial charge in [-0.2, -0.15) is 4.31 Å².